The minimum absolute atomic E-state index is 0.0307. The molecule has 3 rings (SSSR count). The lowest BCUT2D eigenvalue weighted by molar-refractivity contribution is -0.136. The van der Waals surface area contributed by atoms with E-state index in [1.165, 1.54) is 16.4 Å². The summed E-state index contributed by atoms with van der Waals surface area (Å²) in [7, 11) is -2.19. The second-order valence-electron chi connectivity index (χ2n) is 7.51. The maximum atomic E-state index is 13.3. The molecule has 166 valence electrons. The third-order valence-electron chi connectivity index (χ3n) is 5.38. The summed E-state index contributed by atoms with van der Waals surface area (Å²) in [6.07, 6.45) is 2.86. The maximum absolute atomic E-state index is 13.3. The van der Waals surface area contributed by atoms with Gasteiger partial charge in [-0.15, -0.1) is 6.58 Å². The van der Waals surface area contributed by atoms with Gasteiger partial charge >= 0.3 is 0 Å². The SMILES string of the molecule is C=CCN(Cc1ccc(OC)cc1)C(=O)C1CCCN(S(=O)(=O)c2ccc(F)cc2)C1. The maximum Gasteiger partial charge on any atom is 0.243 e. The highest BCUT2D eigenvalue weighted by molar-refractivity contribution is 7.89. The van der Waals surface area contributed by atoms with Crippen LogP contribution in [0.25, 0.3) is 0 Å². The molecule has 2 aromatic rings. The number of halogens is 1. The molecular formula is C23H27FN2O4S. The van der Waals surface area contributed by atoms with Crippen LogP contribution in [0.3, 0.4) is 0 Å². The minimum atomic E-state index is -3.79. The number of benzene rings is 2. The van der Waals surface area contributed by atoms with E-state index in [-0.39, 0.29) is 17.3 Å². The highest BCUT2D eigenvalue weighted by atomic mass is 32.2. The van der Waals surface area contributed by atoms with Gasteiger partial charge in [-0.05, 0) is 54.8 Å². The van der Waals surface area contributed by atoms with Crippen LogP contribution < -0.4 is 4.74 Å². The zero-order valence-electron chi connectivity index (χ0n) is 17.5. The van der Waals surface area contributed by atoms with Crippen LogP contribution in [0.15, 0.2) is 66.1 Å². The molecule has 1 saturated heterocycles. The van der Waals surface area contributed by atoms with E-state index in [9.17, 15) is 17.6 Å². The van der Waals surface area contributed by atoms with Crippen LogP contribution in [0.4, 0.5) is 4.39 Å². The fourth-order valence-corrected chi connectivity index (χ4v) is 5.24. The Labute approximate surface area is 183 Å². The van der Waals surface area contributed by atoms with E-state index in [0.29, 0.717) is 32.5 Å². The molecule has 0 radical (unpaired) electrons. The van der Waals surface area contributed by atoms with Crippen LogP contribution in [0, 0.1) is 11.7 Å². The molecular weight excluding hydrogens is 419 g/mol. The molecule has 1 amide bonds. The Balaban J connectivity index is 1.74. The highest BCUT2D eigenvalue weighted by Crippen LogP contribution is 2.26. The normalized spacial score (nSPS) is 17.2. The number of sulfonamides is 1. The molecule has 2 aromatic carbocycles. The molecule has 0 bridgehead atoms. The van der Waals surface area contributed by atoms with E-state index in [0.717, 1.165) is 23.4 Å². The molecule has 1 atom stereocenters. The number of hydrogen-bond acceptors (Lipinski definition) is 4. The Hall–Kier alpha value is -2.71. The van der Waals surface area contributed by atoms with Gasteiger partial charge in [0.05, 0.1) is 17.9 Å². The Morgan fingerprint density at radius 1 is 1.23 bits per heavy atom. The molecule has 8 heteroatoms. The summed E-state index contributed by atoms with van der Waals surface area (Å²) in [4.78, 5) is 15.0. The second-order valence-corrected chi connectivity index (χ2v) is 9.45. The number of carbonyl (C=O) groups is 1. The van der Waals surface area contributed by atoms with Crippen LogP contribution in [-0.2, 0) is 21.4 Å². The van der Waals surface area contributed by atoms with Crippen molar-refractivity contribution in [2.75, 3.05) is 26.7 Å². The third kappa shape index (κ3) is 5.51. The van der Waals surface area contributed by atoms with Gasteiger partial charge in [0, 0.05) is 26.2 Å². The van der Waals surface area contributed by atoms with Gasteiger partial charge in [0.2, 0.25) is 15.9 Å². The van der Waals surface area contributed by atoms with E-state index in [4.69, 9.17) is 4.74 Å². The Morgan fingerprint density at radius 3 is 2.52 bits per heavy atom. The molecule has 1 aliphatic rings. The molecule has 1 heterocycles. The van der Waals surface area contributed by atoms with Gasteiger partial charge < -0.3 is 9.64 Å². The first-order chi connectivity index (χ1) is 14.8. The molecule has 1 unspecified atom stereocenters. The van der Waals surface area contributed by atoms with Crippen molar-refractivity contribution in [2.24, 2.45) is 5.92 Å². The number of amides is 1. The molecule has 0 N–H and O–H groups in total. The fourth-order valence-electron chi connectivity index (χ4n) is 3.72. The standard InChI is InChI=1S/C23H27FN2O4S/c1-3-14-25(16-18-6-10-21(30-2)11-7-18)23(27)19-5-4-15-26(17-19)31(28,29)22-12-8-20(24)9-13-22/h3,6-13,19H,1,4-5,14-17H2,2H3. The lowest BCUT2D eigenvalue weighted by Crippen LogP contribution is -2.46. The van der Waals surface area contributed by atoms with Gasteiger partial charge in [-0.25, -0.2) is 12.8 Å². The first-order valence-corrected chi connectivity index (χ1v) is 11.6. The zero-order chi connectivity index (χ0) is 22.4. The first-order valence-electron chi connectivity index (χ1n) is 10.1. The number of carbonyl (C=O) groups excluding carboxylic acids is 1. The molecule has 0 aliphatic carbocycles. The number of rotatable bonds is 8. The molecule has 0 spiro atoms. The lowest BCUT2D eigenvalue weighted by Gasteiger charge is -2.34. The van der Waals surface area contributed by atoms with Gasteiger partial charge in [0.25, 0.3) is 0 Å². The topological polar surface area (TPSA) is 66.9 Å². The summed E-state index contributed by atoms with van der Waals surface area (Å²) in [6, 6.07) is 12.2. The van der Waals surface area contributed by atoms with Crippen LogP contribution in [0.1, 0.15) is 18.4 Å². The molecule has 1 fully saturated rings. The number of ether oxygens (including phenoxy) is 1. The van der Waals surface area contributed by atoms with E-state index >= 15 is 0 Å². The predicted molar refractivity (Wildman–Crippen MR) is 116 cm³/mol. The summed E-state index contributed by atoms with van der Waals surface area (Å²) in [5, 5.41) is 0. The van der Waals surface area contributed by atoms with Gasteiger partial charge in [-0.1, -0.05) is 18.2 Å². The van der Waals surface area contributed by atoms with Gasteiger partial charge in [-0.3, -0.25) is 4.79 Å². The molecule has 0 aromatic heterocycles. The molecule has 1 aliphatic heterocycles. The van der Waals surface area contributed by atoms with E-state index in [2.05, 4.69) is 6.58 Å². The van der Waals surface area contributed by atoms with Gasteiger partial charge in [-0.2, -0.15) is 4.31 Å². The van der Waals surface area contributed by atoms with Crippen molar-refractivity contribution < 1.29 is 22.3 Å². The predicted octanol–water partition coefficient (Wildman–Crippen LogP) is 3.45. The summed E-state index contributed by atoms with van der Waals surface area (Å²) >= 11 is 0. The Kier molecular flexibility index (Phi) is 7.46. The third-order valence-corrected chi connectivity index (χ3v) is 7.26. The van der Waals surface area contributed by atoms with Crippen LogP contribution in [0.2, 0.25) is 0 Å². The number of methoxy groups -OCH3 is 1. The van der Waals surface area contributed by atoms with Gasteiger partial charge in [0.1, 0.15) is 11.6 Å². The van der Waals surface area contributed by atoms with Crippen LogP contribution >= 0.6 is 0 Å². The minimum Gasteiger partial charge on any atom is -0.497 e. The summed E-state index contributed by atoms with van der Waals surface area (Å²) in [5.41, 5.74) is 0.947. The average Bonchev–Trinajstić information content (AvgIpc) is 2.79. The lowest BCUT2D eigenvalue weighted by atomic mass is 9.97. The largest absolute Gasteiger partial charge is 0.497 e. The van der Waals surface area contributed by atoms with Crippen molar-refractivity contribution in [3.63, 3.8) is 0 Å². The smallest absolute Gasteiger partial charge is 0.243 e. The van der Waals surface area contributed by atoms with Crippen molar-refractivity contribution >= 4 is 15.9 Å². The monoisotopic (exact) mass is 446 g/mol. The van der Waals surface area contributed by atoms with E-state index < -0.39 is 21.8 Å². The first kappa shape index (κ1) is 23.0. The summed E-state index contributed by atoms with van der Waals surface area (Å²) in [5.74, 6) is -0.305. The Morgan fingerprint density at radius 2 is 1.90 bits per heavy atom. The van der Waals surface area contributed by atoms with Crippen molar-refractivity contribution in [3.05, 3.63) is 72.6 Å². The fraction of sp³-hybridized carbons (Fsp3) is 0.348. The van der Waals surface area contributed by atoms with Crippen LogP contribution in [-0.4, -0.2) is 50.3 Å². The van der Waals surface area contributed by atoms with E-state index in [1.54, 1.807) is 18.1 Å². The average molecular weight is 447 g/mol. The number of piperidine rings is 1. The molecule has 6 nitrogen and oxygen atoms in total. The number of hydrogen-bond donors (Lipinski definition) is 0. The molecule has 0 saturated carbocycles. The Bertz CT molecular complexity index is 1010. The summed E-state index contributed by atoms with van der Waals surface area (Å²) < 4.78 is 45.6. The van der Waals surface area contributed by atoms with E-state index in [1.807, 2.05) is 24.3 Å². The van der Waals surface area contributed by atoms with Crippen molar-refractivity contribution in [1.82, 2.24) is 9.21 Å². The highest BCUT2D eigenvalue weighted by Gasteiger charge is 2.35. The van der Waals surface area contributed by atoms with Gasteiger partial charge in [0.15, 0.2) is 0 Å². The quantitative estimate of drug-likeness (QED) is 0.583. The van der Waals surface area contributed by atoms with Crippen molar-refractivity contribution in [1.29, 1.82) is 0 Å². The van der Waals surface area contributed by atoms with Crippen molar-refractivity contribution in [3.8, 4) is 5.75 Å². The summed E-state index contributed by atoms with van der Waals surface area (Å²) in [6.45, 7) is 4.96. The molecule has 31 heavy (non-hydrogen) atoms. The van der Waals surface area contributed by atoms with Crippen molar-refractivity contribution in [2.45, 2.75) is 24.3 Å². The number of nitrogens with zero attached hydrogens (tertiary/aromatic N) is 2. The second kappa shape index (κ2) is 10.1. The van der Waals surface area contributed by atoms with Crippen LogP contribution in [0.5, 0.6) is 5.75 Å². The zero-order valence-corrected chi connectivity index (χ0v) is 18.4.